The minimum atomic E-state index is -0.568. The van der Waals surface area contributed by atoms with Crippen LogP contribution in [0.2, 0.25) is 0 Å². The van der Waals surface area contributed by atoms with Gasteiger partial charge in [-0.25, -0.2) is 15.0 Å². The molecule has 3 heterocycles. The van der Waals surface area contributed by atoms with Crippen LogP contribution in [0.4, 0.5) is 23.0 Å². The molecule has 0 bridgehead atoms. The predicted molar refractivity (Wildman–Crippen MR) is 153 cm³/mol. The van der Waals surface area contributed by atoms with E-state index in [2.05, 4.69) is 50.8 Å². The first-order chi connectivity index (χ1) is 18.9. The van der Waals surface area contributed by atoms with E-state index in [1.165, 1.54) is 11.9 Å². The molecule has 0 spiro atoms. The number of carbonyl (C=O) groups excluding carboxylic acids is 1. The number of ether oxygens (including phenoxy) is 1. The second-order valence-electron chi connectivity index (χ2n) is 9.88. The summed E-state index contributed by atoms with van der Waals surface area (Å²) in [6, 6.07) is 16.2. The molecule has 1 aromatic heterocycles. The molecule has 0 aliphatic carbocycles. The van der Waals surface area contributed by atoms with Gasteiger partial charge >= 0.3 is 0 Å². The van der Waals surface area contributed by atoms with Crippen LogP contribution in [0.1, 0.15) is 17.5 Å². The summed E-state index contributed by atoms with van der Waals surface area (Å²) in [6.45, 7) is 8.08. The highest BCUT2D eigenvalue weighted by Gasteiger charge is 2.28. The van der Waals surface area contributed by atoms with Crippen molar-refractivity contribution in [3.8, 4) is 5.75 Å². The SMILES string of the molecule is C=C(C(N)=O)c1cc(Nc2cc(N3OCC[C@@H]3Cc3ccccc3)ncn2)c(OC)cc1N1CCN(C)CC1. The zero-order valence-electron chi connectivity index (χ0n) is 22.5. The number of benzene rings is 2. The Labute approximate surface area is 229 Å². The Morgan fingerprint density at radius 2 is 1.92 bits per heavy atom. The number of carbonyl (C=O) groups is 1. The normalized spacial score (nSPS) is 17.7. The number of nitrogens with zero attached hydrogens (tertiary/aromatic N) is 5. The zero-order chi connectivity index (χ0) is 27.4. The van der Waals surface area contributed by atoms with Gasteiger partial charge in [0.05, 0.1) is 25.4 Å². The fraction of sp³-hybridized carbons (Fsp3) is 0.345. The molecule has 0 radical (unpaired) electrons. The van der Waals surface area contributed by atoms with Crippen LogP contribution >= 0.6 is 0 Å². The molecule has 3 aromatic rings. The number of nitrogens with two attached hydrogens (primary N) is 1. The summed E-state index contributed by atoms with van der Waals surface area (Å²) in [5.74, 6) is 1.28. The van der Waals surface area contributed by atoms with Gasteiger partial charge in [-0.3, -0.25) is 9.63 Å². The van der Waals surface area contributed by atoms with Gasteiger partial charge in [0.1, 0.15) is 17.9 Å². The van der Waals surface area contributed by atoms with E-state index in [4.69, 9.17) is 15.3 Å². The first kappa shape index (κ1) is 26.5. The van der Waals surface area contributed by atoms with Gasteiger partial charge in [0.15, 0.2) is 5.82 Å². The quantitative estimate of drug-likeness (QED) is 0.404. The van der Waals surface area contributed by atoms with E-state index in [1.54, 1.807) is 7.11 Å². The number of hydroxylamine groups is 1. The molecule has 10 heteroatoms. The van der Waals surface area contributed by atoms with Crippen molar-refractivity contribution in [2.75, 3.05) is 62.2 Å². The molecule has 0 saturated carbocycles. The highest BCUT2D eigenvalue weighted by molar-refractivity contribution is 6.19. The van der Waals surface area contributed by atoms with Gasteiger partial charge in [-0.1, -0.05) is 36.9 Å². The number of hydrogen-bond donors (Lipinski definition) is 2. The van der Waals surface area contributed by atoms with Gasteiger partial charge in [-0.2, -0.15) is 0 Å². The van der Waals surface area contributed by atoms with Crippen molar-refractivity contribution in [2.45, 2.75) is 18.9 Å². The maximum atomic E-state index is 12.2. The third kappa shape index (κ3) is 5.97. The maximum Gasteiger partial charge on any atom is 0.248 e. The molecule has 3 N–H and O–H groups in total. The van der Waals surface area contributed by atoms with Crippen LogP contribution in [0.25, 0.3) is 5.57 Å². The number of methoxy groups -OCH3 is 1. The van der Waals surface area contributed by atoms with E-state index in [0.29, 0.717) is 35.2 Å². The lowest BCUT2D eigenvalue weighted by Gasteiger charge is -2.35. The molecule has 2 aliphatic rings. The lowest BCUT2D eigenvalue weighted by atomic mass is 10.0. The van der Waals surface area contributed by atoms with E-state index in [0.717, 1.165) is 44.7 Å². The molecule has 10 nitrogen and oxygen atoms in total. The number of amides is 1. The molecule has 1 amide bonds. The number of aromatic nitrogens is 2. The van der Waals surface area contributed by atoms with Crippen molar-refractivity contribution in [2.24, 2.45) is 5.73 Å². The highest BCUT2D eigenvalue weighted by Crippen LogP contribution is 2.38. The van der Waals surface area contributed by atoms with Gasteiger partial charge < -0.3 is 25.6 Å². The Morgan fingerprint density at radius 1 is 1.15 bits per heavy atom. The van der Waals surface area contributed by atoms with Crippen LogP contribution in [-0.4, -0.2) is 73.8 Å². The largest absolute Gasteiger partial charge is 0.494 e. The molecular weight excluding hydrogens is 494 g/mol. The van der Waals surface area contributed by atoms with Crippen LogP contribution in [0.15, 0.2) is 61.4 Å². The Kier molecular flexibility index (Phi) is 7.94. The van der Waals surface area contributed by atoms with Crippen LogP contribution in [-0.2, 0) is 16.1 Å². The smallest absolute Gasteiger partial charge is 0.248 e. The predicted octanol–water partition coefficient (Wildman–Crippen LogP) is 3.23. The first-order valence-corrected chi connectivity index (χ1v) is 13.1. The zero-order valence-corrected chi connectivity index (χ0v) is 22.5. The number of hydrogen-bond acceptors (Lipinski definition) is 9. The molecule has 0 unspecified atom stereocenters. The number of primary amides is 1. The summed E-state index contributed by atoms with van der Waals surface area (Å²) in [5.41, 5.74) is 9.32. The lowest BCUT2D eigenvalue weighted by Crippen LogP contribution is -2.44. The highest BCUT2D eigenvalue weighted by atomic mass is 16.7. The standard InChI is InChI=1S/C29H35N7O3/c1-20(29(30)37)23-16-24(26(38-3)17-25(23)35-12-10-34(2)11-13-35)33-27-18-28(32-19-31-27)36-22(9-14-39-36)15-21-7-5-4-6-8-21/h4-8,16-19,22H,1,9-15H2,2-3H3,(H2,30,37)(H,31,32,33)/t22-/m1/s1. The maximum absolute atomic E-state index is 12.2. The minimum Gasteiger partial charge on any atom is -0.494 e. The van der Waals surface area contributed by atoms with Gasteiger partial charge in [0.2, 0.25) is 5.91 Å². The average Bonchev–Trinajstić information content (AvgIpc) is 3.41. The molecule has 2 aromatic carbocycles. The van der Waals surface area contributed by atoms with Crippen molar-refractivity contribution in [3.05, 3.63) is 72.6 Å². The molecular formula is C29H35N7O3. The van der Waals surface area contributed by atoms with Crippen LogP contribution in [0.5, 0.6) is 5.75 Å². The Morgan fingerprint density at radius 3 is 2.64 bits per heavy atom. The molecule has 2 aliphatic heterocycles. The summed E-state index contributed by atoms with van der Waals surface area (Å²) >= 11 is 0. The monoisotopic (exact) mass is 529 g/mol. The second kappa shape index (κ2) is 11.7. The number of anilines is 4. The summed E-state index contributed by atoms with van der Waals surface area (Å²) in [7, 11) is 3.72. The van der Waals surface area contributed by atoms with Crippen LogP contribution in [0.3, 0.4) is 0 Å². The molecule has 1 atom stereocenters. The average molecular weight is 530 g/mol. The topological polar surface area (TPSA) is 109 Å². The fourth-order valence-electron chi connectivity index (χ4n) is 5.03. The van der Waals surface area contributed by atoms with Gasteiger partial charge in [0, 0.05) is 55.1 Å². The van der Waals surface area contributed by atoms with Crippen molar-refractivity contribution in [1.29, 1.82) is 0 Å². The fourth-order valence-corrected chi connectivity index (χ4v) is 5.03. The summed E-state index contributed by atoms with van der Waals surface area (Å²) in [6.07, 6.45) is 3.27. The van der Waals surface area contributed by atoms with Crippen LogP contribution in [0, 0.1) is 0 Å². The van der Waals surface area contributed by atoms with E-state index in [9.17, 15) is 4.79 Å². The molecule has 5 rings (SSSR count). The van der Waals surface area contributed by atoms with E-state index >= 15 is 0 Å². The number of likely N-dealkylation sites (N-methyl/N-ethyl adjacent to an activating group) is 1. The third-order valence-corrected chi connectivity index (χ3v) is 7.25. The molecule has 2 fully saturated rings. The van der Waals surface area contributed by atoms with Crippen molar-refractivity contribution in [1.82, 2.24) is 14.9 Å². The van der Waals surface area contributed by atoms with Gasteiger partial charge in [-0.15, -0.1) is 0 Å². The summed E-state index contributed by atoms with van der Waals surface area (Å²) in [5, 5.41) is 5.21. The number of piperazine rings is 1. The second-order valence-corrected chi connectivity index (χ2v) is 9.88. The van der Waals surface area contributed by atoms with Crippen molar-refractivity contribution < 1.29 is 14.4 Å². The van der Waals surface area contributed by atoms with E-state index in [-0.39, 0.29) is 11.6 Å². The Balaban J connectivity index is 1.42. The van der Waals surface area contributed by atoms with E-state index < -0.39 is 5.91 Å². The van der Waals surface area contributed by atoms with Gasteiger partial charge in [-0.05, 0) is 31.5 Å². The van der Waals surface area contributed by atoms with Crippen molar-refractivity contribution >= 4 is 34.5 Å². The lowest BCUT2D eigenvalue weighted by molar-refractivity contribution is -0.112. The first-order valence-electron chi connectivity index (χ1n) is 13.1. The molecule has 2 saturated heterocycles. The number of nitrogens with one attached hydrogen (secondary N) is 1. The summed E-state index contributed by atoms with van der Waals surface area (Å²) < 4.78 is 5.75. The Hall–Kier alpha value is -4.15. The summed E-state index contributed by atoms with van der Waals surface area (Å²) in [4.78, 5) is 31.5. The van der Waals surface area contributed by atoms with Crippen LogP contribution < -0.4 is 25.8 Å². The van der Waals surface area contributed by atoms with Gasteiger partial charge in [0.25, 0.3) is 0 Å². The minimum absolute atomic E-state index is 0.165. The molecule has 204 valence electrons. The third-order valence-electron chi connectivity index (χ3n) is 7.25. The van der Waals surface area contributed by atoms with Crippen molar-refractivity contribution in [3.63, 3.8) is 0 Å². The number of rotatable bonds is 9. The van der Waals surface area contributed by atoms with E-state index in [1.807, 2.05) is 41.5 Å². The Bertz CT molecular complexity index is 1330. The molecule has 39 heavy (non-hydrogen) atoms.